The molecule has 2 nitrogen and oxygen atoms in total. The van der Waals surface area contributed by atoms with Crippen LogP contribution in [0.1, 0.15) is 0 Å². The van der Waals surface area contributed by atoms with Gasteiger partial charge in [-0.1, -0.05) is 4.48 Å². The van der Waals surface area contributed by atoms with E-state index < -0.39 is 29.7 Å². The number of carbonyl (C=O) groups is 1. The fourth-order valence-corrected chi connectivity index (χ4v) is 0.640. The Hall–Kier alpha value is -0.810. The molecule has 1 rings (SSSR count). The largest absolute Gasteiger partial charge is 0.290 e. The van der Waals surface area contributed by atoms with Crippen molar-refractivity contribution in [2.45, 2.75) is 18.6 Å². The quantitative estimate of drug-likeness (QED) is 0.287. The van der Waals surface area contributed by atoms with Gasteiger partial charge in [0, 0.05) is 0 Å². The fraction of sp³-hybridized carbons (Fsp3) is 0.750. The minimum Gasteiger partial charge on any atom is -0.269 e. The van der Waals surface area contributed by atoms with Gasteiger partial charge in [-0.3, -0.25) is 4.79 Å². The number of hydrogen-bond acceptors (Lipinski definition) is 1. The van der Waals surface area contributed by atoms with Gasteiger partial charge >= 0.3 is 0 Å². The molecule has 0 aliphatic carbocycles. The van der Waals surface area contributed by atoms with Crippen LogP contribution < -0.4 is 0 Å². The Labute approximate surface area is 53.3 Å². The molecule has 0 aromatic carbocycles. The average Bonchev–Trinajstić information content (AvgIpc) is 2.07. The number of amides is 1. The van der Waals surface area contributed by atoms with Crippen LogP contribution in [0.15, 0.2) is 0 Å². The molecular weight excluding hydrogens is 154 g/mol. The van der Waals surface area contributed by atoms with Gasteiger partial charge in [0.05, 0.1) is 0 Å². The van der Waals surface area contributed by atoms with E-state index in [1.165, 1.54) is 0 Å². The molecule has 0 spiro atoms. The summed E-state index contributed by atoms with van der Waals surface area (Å²) in [5.74, 6) is -1.79. The average molecular weight is 157 g/mol. The third kappa shape index (κ3) is 0.748. The lowest BCUT2D eigenvalue weighted by atomic mass is 10.3. The predicted octanol–water partition coefficient (Wildman–Crippen LogP) is 0.685. The smallest absolute Gasteiger partial charge is 0.269 e. The van der Waals surface area contributed by atoms with Gasteiger partial charge < -0.3 is 0 Å². The molecule has 1 aliphatic heterocycles. The second-order valence-corrected chi connectivity index (χ2v) is 1.87. The van der Waals surface area contributed by atoms with Crippen molar-refractivity contribution in [1.29, 1.82) is 0 Å². The highest BCUT2D eigenvalue weighted by atomic mass is 19.2. The molecule has 3 unspecified atom stereocenters. The summed E-state index contributed by atoms with van der Waals surface area (Å²) in [6, 6.07) is 0. The number of nitrogens with zero attached hydrogens (tertiary/aromatic N) is 1. The molecule has 6 heteroatoms. The van der Waals surface area contributed by atoms with Crippen LogP contribution in [0.25, 0.3) is 0 Å². The zero-order valence-electron chi connectivity index (χ0n) is 4.60. The molecular formula is C4H3F4NO. The fourth-order valence-electron chi connectivity index (χ4n) is 0.640. The lowest BCUT2D eigenvalue weighted by Gasteiger charge is -2.03. The standard InChI is InChI=1S/C4H3F4NO/c5-1-2(6)4(10)9(8)3(1)7/h1-3H. The molecule has 3 atom stereocenters. The van der Waals surface area contributed by atoms with Crippen LogP contribution in [0, 0.1) is 0 Å². The highest BCUT2D eigenvalue weighted by molar-refractivity contribution is 5.83. The molecule has 0 saturated carbocycles. The van der Waals surface area contributed by atoms with Gasteiger partial charge in [-0.25, -0.2) is 13.2 Å². The van der Waals surface area contributed by atoms with E-state index in [1.54, 1.807) is 0 Å². The molecule has 0 bridgehead atoms. The van der Waals surface area contributed by atoms with Crippen LogP contribution >= 0.6 is 0 Å². The van der Waals surface area contributed by atoms with Gasteiger partial charge in [0.1, 0.15) is 0 Å². The Kier molecular flexibility index (Phi) is 1.53. The number of alkyl halides is 3. The summed E-state index contributed by atoms with van der Waals surface area (Å²) >= 11 is 0. The number of hydrogen-bond donors (Lipinski definition) is 0. The van der Waals surface area contributed by atoms with Crippen molar-refractivity contribution in [3.63, 3.8) is 0 Å². The summed E-state index contributed by atoms with van der Waals surface area (Å²) in [6.07, 6.45) is -8.18. The number of rotatable bonds is 0. The minimum absolute atomic E-state index is 1.07. The molecule has 10 heavy (non-hydrogen) atoms. The third-order valence-corrected chi connectivity index (χ3v) is 1.21. The maximum atomic E-state index is 12.0. The van der Waals surface area contributed by atoms with Gasteiger partial charge in [0.2, 0.25) is 12.5 Å². The Balaban J connectivity index is 2.78. The summed E-state index contributed by atoms with van der Waals surface area (Å²) in [4.78, 5) is 10.0. The van der Waals surface area contributed by atoms with Crippen LogP contribution in [-0.2, 0) is 4.79 Å². The van der Waals surface area contributed by atoms with Crippen molar-refractivity contribution < 1.29 is 22.4 Å². The van der Waals surface area contributed by atoms with Gasteiger partial charge in [-0.2, -0.15) is 0 Å². The normalized spacial score (nSPS) is 41.0. The van der Waals surface area contributed by atoms with Crippen LogP contribution in [0.5, 0.6) is 0 Å². The Bertz CT molecular complexity index is 147. The summed E-state index contributed by atoms with van der Waals surface area (Å²) in [5, 5.41) is -1.07. The molecule has 0 aromatic heterocycles. The lowest BCUT2D eigenvalue weighted by Crippen LogP contribution is -2.23. The zero-order chi connectivity index (χ0) is 7.89. The second kappa shape index (κ2) is 2.10. The van der Waals surface area contributed by atoms with Crippen molar-refractivity contribution in [3.05, 3.63) is 0 Å². The van der Waals surface area contributed by atoms with E-state index in [4.69, 9.17) is 0 Å². The van der Waals surface area contributed by atoms with Gasteiger partial charge in [0.25, 0.3) is 5.91 Å². The summed E-state index contributed by atoms with van der Waals surface area (Å²) < 4.78 is 47.7. The molecule has 1 heterocycles. The van der Waals surface area contributed by atoms with Gasteiger partial charge in [-0.05, 0) is 0 Å². The summed E-state index contributed by atoms with van der Waals surface area (Å²) in [7, 11) is 0. The van der Waals surface area contributed by atoms with Crippen LogP contribution in [0.2, 0.25) is 0 Å². The van der Waals surface area contributed by atoms with Crippen molar-refractivity contribution in [3.8, 4) is 0 Å². The highest BCUT2D eigenvalue weighted by Crippen LogP contribution is 2.26. The van der Waals surface area contributed by atoms with Crippen molar-refractivity contribution in [2.75, 3.05) is 0 Å². The monoisotopic (exact) mass is 157 g/mol. The first-order valence-corrected chi connectivity index (χ1v) is 2.46. The number of carbonyl (C=O) groups excluding carboxylic acids is 1. The first-order valence-electron chi connectivity index (χ1n) is 2.46. The highest BCUT2D eigenvalue weighted by Gasteiger charge is 2.51. The molecule has 1 saturated heterocycles. The van der Waals surface area contributed by atoms with Crippen molar-refractivity contribution in [2.24, 2.45) is 0 Å². The maximum Gasteiger partial charge on any atom is 0.290 e. The summed E-state index contributed by atoms with van der Waals surface area (Å²) in [5.41, 5.74) is 0. The SMILES string of the molecule is O=C1C(F)C(F)C(F)N1F. The Morgan fingerprint density at radius 1 is 1.30 bits per heavy atom. The molecule has 0 radical (unpaired) electrons. The predicted molar refractivity (Wildman–Crippen MR) is 22.6 cm³/mol. The first-order chi connectivity index (χ1) is 4.55. The van der Waals surface area contributed by atoms with E-state index in [0.717, 1.165) is 0 Å². The molecule has 0 aromatic rings. The molecule has 58 valence electrons. The molecule has 1 amide bonds. The van der Waals surface area contributed by atoms with Crippen LogP contribution in [0.3, 0.4) is 0 Å². The summed E-state index contributed by atoms with van der Waals surface area (Å²) in [6.45, 7) is 0. The van der Waals surface area contributed by atoms with E-state index in [-0.39, 0.29) is 0 Å². The molecule has 1 aliphatic rings. The Morgan fingerprint density at radius 3 is 1.90 bits per heavy atom. The van der Waals surface area contributed by atoms with E-state index >= 15 is 0 Å². The lowest BCUT2D eigenvalue weighted by molar-refractivity contribution is -0.153. The van der Waals surface area contributed by atoms with Crippen molar-refractivity contribution in [1.82, 2.24) is 5.12 Å². The van der Waals surface area contributed by atoms with Crippen LogP contribution in [-0.4, -0.2) is 29.7 Å². The van der Waals surface area contributed by atoms with E-state index in [2.05, 4.69) is 0 Å². The molecule has 1 fully saturated rings. The Morgan fingerprint density at radius 2 is 1.80 bits per heavy atom. The van der Waals surface area contributed by atoms with Crippen molar-refractivity contribution >= 4 is 5.91 Å². The zero-order valence-corrected chi connectivity index (χ0v) is 4.60. The maximum absolute atomic E-state index is 12.0. The van der Waals surface area contributed by atoms with E-state index in [9.17, 15) is 22.4 Å². The third-order valence-electron chi connectivity index (χ3n) is 1.21. The molecule has 0 N–H and O–H groups in total. The topological polar surface area (TPSA) is 20.3 Å². The minimum atomic E-state index is -2.79. The van der Waals surface area contributed by atoms with Gasteiger partial charge in [-0.15, -0.1) is 5.12 Å². The van der Waals surface area contributed by atoms with E-state index in [1.807, 2.05) is 0 Å². The second-order valence-electron chi connectivity index (χ2n) is 1.87. The van der Waals surface area contributed by atoms with Crippen LogP contribution in [0.4, 0.5) is 17.7 Å². The first kappa shape index (κ1) is 7.30. The number of halogens is 4. The van der Waals surface area contributed by atoms with Gasteiger partial charge in [0.15, 0.2) is 6.17 Å². The van der Waals surface area contributed by atoms with E-state index in [0.29, 0.717) is 0 Å².